The lowest BCUT2D eigenvalue weighted by molar-refractivity contribution is 0.0944. The van der Waals surface area contributed by atoms with E-state index in [4.69, 9.17) is 0 Å². The fraction of sp³-hybridized carbons (Fsp3) is 0.214. The third kappa shape index (κ3) is 3.57. The molecule has 0 aliphatic carbocycles. The van der Waals surface area contributed by atoms with Crippen molar-refractivity contribution >= 4 is 5.91 Å². The van der Waals surface area contributed by atoms with Gasteiger partial charge in [0.05, 0.1) is 0 Å². The molecule has 0 aliphatic heterocycles. The van der Waals surface area contributed by atoms with Gasteiger partial charge in [-0.1, -0.05) is 30.3 Å². The highest BCUT2D eigenvalue weighted by molar-refractivity contribution is 5.92. The zero-order chi connectivity index (χ0) is 14.5. The van der Waals surface area contributed by atoms with Crippen molar-refractivity contribution < 1.29 is 13.6 Å². The molecule has 0 atom stereocenters. The van der Waals surface area contributed by atoms with Crippen molar-refractivity contribution in [3.63, 3.8) is 0 Å². The normalized spacial score (nSPS) is 10.6. The lowest BCUT2D eigenvalue weighted by Crippen LogP contribution is -2.24. The Bertz CT molecular complexity index is 603. The predicted octanol–water partition coefficient (Wildman–Crippen LogP) is 2.65. The van der Waals surface area contributed by atoms with Crippen LogP contribution in [0, 0.1) is 6.92 Å². The van der Waals surface area contributed by atoms with E-state index in [-0.39, 0.29) is 11.5 Å². The van der Waals surface area contributed by atoms with Crippen LogP contribution in [0.15, 0.2) is 36.4 Å². The number of benzene rings is 1. The second-order valence-electron chi connectivity index (χ2n) is 4.19. The number of aromatic nitrogens is 2. The van der Waals surface area contributed by atoms with Crippen LogP contribution >= 0.6 is 0 Å². The SMILES string of the molecule is Cc1nc(C(=O)NCc2ccccc2)cc(C(F)F)n1. The van der Waals surface area contributed by atoms with Crippen LogP contribution in [-0.4, -0.2) is 15.9 Å². The van der Waals surface area contributed by atoms with Crippen molar-refractivity contribution in [1.82, 2.24) is 15.3 Å². The maximum Gasteiger partial charge on any atom is 0.280 e. The standard InChI is InChI=1S/C14H13F2N3O/c1-9-18-11(13(15)16)7-12(19-9)14(20)17-8-10-5-3-2-4-6-10/h2-7,13H,8H2,1H3,(H,17,20). The van der Waals surface area contributed by atoms with Gasteiger partial charge in [-0.2, -0.15) is 0 Å². The molecule has 20 heavy (non-hydrogen) atoms. The van der Waals surface area contributed by atoms with Crippen LogP contribution in [0.5, 0.6) is 0 Å². The van der Waals surface area contributed by atoms with Crippen molar-refractivity contribution in [3.05, 3.63) is 59.2 Å². The van der Waals surface area contributed by atoms with Gasteiger partial charge in [-0.25, -0.2) is 18.7 Å². The Kier molecular flexibility index (Phi) is 4.34. The number of amides is 1. The van der Waals surface area contributed by atoms with Gasteiger partial charge >= 0.3 is 0 Å². The lowest BCUT2D eigenvalue weighted by Gasteiger charge is -2.07. The summed E-state index contributed by atoms with van der Waals surface area (Å²) in [4.78, 5) is 19.4. The molecule has 0 spiro atoms. The number of carbonyl (C=O) groups excluding carboxylic acids is 1. The Morgan fingerprint density at radius 3 is 2.60 bits per heavy atom. The molecular formula is C14H13F2N3O. The van der Waals surface area contributed by atoms with E-state index in [0.29, 0.717) is 6.54 Å². The van der Waals surface area contributed by atoms with Gasteiger partial charge < -0.3 is 5.32 Å². The quantitative estimate of drug-likeness (QED) is 0.934. The molecule has 0 saturated heterocycles. The molecule has 1 heterocycles. The first-order chi connectivity index (χ1) is 9.56. The Morgan fingerprint density at radius 1 is 1.25 bits per heavy atom. The molecule has 1 N–H and O–H groups in total. The van der Waals surface area contributed by atoms with Crippen LogP contribution in [0.25, 0.3) is 0 Å². The van der Waals surface area contributed by atoms with Gasteiger partial charge in [-0.05, 0) is 18.6 Å². The third-order valence-electron chi connectivity index (χ3n) is 2.61. The number of hydrogen-bond acceptors (Lipinski definition) is 3. The van der Waals surface area contributed by atoms with Crippen molar-refractivity contribution in [1.29, 1.82) is 0 Å². The molecular weight excluding hydrogens is 264 g/mol. The van der Waals surface area contributed by atoms with Crippen molar-refractivity contribution in [2.24, 2.45) is 0 Å². The second kappa shape index (κ2) is 6.18. The molecule has 0 saturated carbocycles. The lowest BCUT2D eigenvalue weighted by atomic mass is 10.2. The average molecular weight is 277 g/mol. The van der Waals surface area contributed by atoms with E-state index in [0.717, 1.165) is 11.6 Å². The van der Waals surface area contributed by atoms with Crippen molar-refractivity contribution in [3.8, 4) is 0 Å². The van der Waals surface area contributed by atoms with Gasteiger partial charge in [0.1, 0.15) is 17.2 Å². The van der Waals surface area contributed by atoms with Gasteiger partial charge in [0.2, 0.25) is 0 Å². The van der Waals surface area contributed by atoms with Crippen LogP contribution in [0.3, 0.4) is 0 Å². The molecule has 2 rings (SSSR count). The Morgan fingerprint density at radius 2 is 1.95 bits per heavy atom. The Labute approximate surface area is 114 Å². The maximum atomic E-state index is 12.6. The number of alkyl halides is 2. The van der Waals surface area contributed by atoms with Crippen LogP contribution in [0.1, 0.15) is 34.0 Å². The summed E-state index contributed by atoms with van der Waals surface area (Å²) in [6.45, 7) is 1.78. The Hall–Kier alpha value is -2.37. The molecule has 1 amide bonds. The minimum atomic E-state index is -2.72. The average Bonchev–Trinajstić information content (AvgIpc) is 2.45. The van der Waals surface area contributed by atoms with Crippen LogP contribution in [0.2, 0.25) is 0 Å². The van der Waals surface area contributed by atoms with Gasteiger partial charge in [0.15, 0.2) is 0 Å². The van der Waals surface area contributed by atoms with Crippen LogP contribution < -0.4 is 5.32 Å². The third-order valence-corrected chi connectivity index (χ3v) is 2.61. The number of aryl methyl sites for hydroxylation is 1. The first-order valence-electron chi connectivity index (χ1n) is 6.02. The smallest absolute Gasteiger partial charge is 0.280 e. The predicted molar refractivity (Wildman–Crippen MR) is 69.3 cm³/mol. The summed E-state index contributed by atoms with van der Waals surface area (Å²) >= 11 is 0. The molecule has 0 aliphatic rings. The largest absolute Gasteiger partial charge is 0.347 e. The number of carbonyl (C=O) groups is 1. The molecule has 0 radical (unpaired) electrons. The monoisotopic (exact) mass is 277 g/mol. The maximum absolute atomic E-state index is 12.6. The zero-order valence-corrected chi connectivity index (χ0v) is 10.8. The second-order valence-corrected chi connectivity index (χ2v) is 4.19. The molecule has 0 unspecified atom stereocenters. The summed E-state index contributed by atoms with van der Waals surface area (Å²) in [6.07, 6.45) is -2.72. The van der Waals surface area contributed by atoms with Gasteiger partial charge in [-0.15, -0.1) is 0 Å². The molecule has 6 heteroatoms. The Balaban J connectivity index is 2.09. The highest BCUT2D eigenvalue weighted by Gasteiger charge is 2.15. The summed E-state index contributed by atoms with van der Waals surface area (Å²) in [5.41, 5.74) is 0.423. The van der Waals surface area contributed by atoms with E-state index < -0.39 is 18.0 Å². The van der Waals surface area contributed by atoms with E-state index in [9.17, 15) is 13.6 Å². The summed E-state index contributed by atoms with van der Waals surface area (Å²) in [6, 6.07) is 10.3. The van der Waals surface area contributed by atoms with Crippen LogP contribution in [-0.2, 0) is 6.54 Å². The molecule has 4 nitrogen and oxygen atoms in total. The minimum absolute atomic E-state index is 0.0521. The van der Waals surface area contributed by atoms with Crippen molar-refractivity contribution in [2.75, 3.05) is 0 Å². The zero-order valence-electron chi connectivity index (χ0n) is 10.8. The van der Waals surface area contributed by atoms with Gasteiger partial charge in [0.25, 0.3) is 12.3 Å². The number of nitrogens with one attached hydrogen (secondary N) is 1. The summed E-state index contributed by atoms with van der Waals surface area (Å²) in [5.74, 6) is -0.353. The highest BCUT2D eigenvalue weighted by atomic mass is 19.3. The number of nitrogens with zero attached hydrogens (tertiary/aromatic N) is 2. The van der Waals surface area contributed by atoms with E-state index in [1.807, 2.05) is 30.3 Å². The number of halogens is 2. The summed E-state index contributed by atoms with van der Waals surface area (Å²) < 4.78 is 25.2. The number of hydrogen-bond donors (Lipinski definition) is 1. The molecule has 1 aromatic carbocycles. The van der Waals surface area contributed by atoms with Crippen LogP contribution in [0.4, 0.5) is 8.78 Å². The summed E-state index contributed by atoms with van der Waals surface area (Å²) in [5, 5.41) is 2.63. The topological polar surface area (TPSA) is 54.9 Å². The molecule has 1 aromatic heterocycles. The minimum Gasteiger partial charge on any atom is -0.347 e. The first kappa shape index (κ1) is 14.0. The van der Waals surface area contributed by atoms with E-state index >= 15 is 0 Å². The van der Waals surface area contributed by atoms with E-state index in [1.54, 1.807) is 0 Å². The fourth-order valence-electron chi connectivity index (χ4n) is 1.69. The molecule has 2 aromatic rings. The highest BCUT2D eigenvalue weighted by Crippen LogP contribution is 2.16. The van der Waals surface area contributed by atoms with E-state index in [1.165, 1.54) is 6.92 Å². The van der Waals surface area contributed by atoms with Gasteiger partial charge in [0, 0.05) is 6.54 Å². The molecule has 0 fully saturated rings. The number of rotatable bonds is 4. The fourth-order valence-corrected chi connectivity index (χ4v) is 1.69. The van der Waals surface area contributed by atoms with Gasteiger partial charge in [-0.3, -0.25) is 4.79 Å². The first-order valence-corrected chi connectivity index (χ1v) is 6.02. The van der Waals surface area contributed by atoms with Crippen molar-refractivity contribution in [2.45, 2.75) is 19.9 Å². The van der Waals surface area contributed by atoms with E-state index in [2.05, 4.69) is 15.3 Å². The summed E-state index contributed by atoms with van der Waals surface area (Å²) in [7, 11) is 0. The molecule has 104 valence electrons. The molecule has 0 bridgehead atoms.